The third kappa shape index (κ3) is 3.28. The summed E-state index contributed by atoms with van der Waals surface area (Å²) in [5.74, 6) is 0.855. The average molecular weight is 258 g/mol. The number of hydrogen-bond donors (Lipinski definition) is 1. The maximum atomic E-state index is 5.29. The van der Waals surface area contributed by atoms with Crippen molar-refractivity contribution in [2.24, 2.45) is 0 Å². The maximum Gasteiger partial charge on any atom is 0.118 e. The maximum absolute atomic E-state index is 5.29. The van der Waals surface area contributed by atoms with Gasteiger partial charge in [-0.1, -0.05) is 24.4 Å². The van der Waals surface area contributed by atoms with Crippen molar-refractivity contribution < 1.29 is 4.74 Å². The molecule has 0 aliphatic heterocycles. The van der Waals surface area contributed by atoms with Crippen LogP contribution in [-0.2, 0) is 6.54 Å². The minimum atomic E-state index is 0.692. The van der Waals surface area contributed by atoms with Crippen molar-refractivity contribution in [2.45, 2.75) is 6.54 Å². The number of pyridine rings is 1. The first kappa shape index (κ1) is 12.5. The van der Waals surface area contributed by atoms with Crippen molar-refractivity contribution in [2.75, 3.05) is 7.11 Å². The smallest absolute Gasteiger partial charge is 0.118 e. The van der Waals surface area contributed by atoms with Crippen molar-refractivity contribution in [3.05, 3.63) is 59.9 Å². The van der Waals surface area contributed by atoms with E-state index >= 15 is 0 Å². The van der Waals surface area contributed by atoms with Crippen molar-refractivity contribution in [1.82, 2.24) is 10.3 Å². The molecule has 1 heterocycles. The molecule has 0 amide bonds. The van der Waals surface area contributed by atoms with Crippen molar-refractivity contribution in [1.29, 1.82) is 0 Å². The topological polar surface area (TPSA) is 34.1 Å². The third-order valence-electron chi connectivity index (χ3n) is 2.54. The minimum Gasteiger partial charge on any atom is -0.497 e. The Hall–Kier alpha value is -1.94. The van der Waals surface area contributed by atoms with Gasteiger partial charge in [0.25, 0.3) is 0 Å². The Balaban J connectivity index is 1.93. The van der Waals surface area contributed by atoms with Crippen molar-refractivity contribution in [3.63, 3.8) is 0 Å². The van der Waals surface area contributed by atoms with Gasteiger partial charge in [0.15, 0.2) is 0 Å². The Morgan fingerprint density at radius 2 is 2.06 bits per heavy atom. The van der Waals surface area contributed by atoms with Crippen LogP contribution < -0.4 is 10.1 Å². The van der Waals surface area contributed by atoms with E-state index in [0.717, 1.165) is 16.9 Å². The van der Waals surface area contributed by atoms with E-state index in [2.05, 4.69) is 10.3 Å². The largest absolute Gasteiger partial charge is 0.497 e. The number of thiocarbonyl (C=S) groups is 1. The molecule has 2 aromatic rings. The second-order valence-corrected chi connectivity index (χ2v) is 4.18. The molecule has 1 N–H and O–H groups in total. The molecule has 4 heteroatoms. The number of rotatable bonds is 4. The van der Waals surface area contributed by atoms with Crippen LogP contribution in [0, 0.1) is 0 Å². The van der Waals surface area contributed by atoms with Crippen LogP contribution in [0.3, 0.4) is 0 Å². The highest BCUT2D eigenvalue weighted by Crippen LogP contribution is 2.11. The van der Waals surface area contributed by atoms with E-state index in [-0.39, 0.29) is 0 Å². The molecule has 0 fully saturated rings. The zero-order chi connectivity index (χ0) is 12.8. The summed E-state index contributed by atoms with van der Waals surface area (Å²) in [6.07, 6.45) is 3.49. The average Bonchev–Trinajstić information content (AvgIpc) is 2.46. The summed E-state index contributed by atoms with van der Waals surface area (Å²) in [6, 6.07) is 11.7. The summed E-state index contributed by atoms with van der Waals surface area (Å²) in [6.45, 7) is 0.692. The molecule has 1 aromatic heterocycles. The van der Waals surface area contributed by atoms with E-state index in [1.807, 2.05) is 36.4 Å². The first-order valence-corrected chi connectivity index (χ1v) is 6.01. The molecule has 0 saturated carbocycles. The molecule has 0 radical (unpaired) electrons. The Kier molecular flexibility index (Phi) is 4.25. The van der Waals surface area contributed by atoms with Gasteiger partial charge in [-0.05, 0) is 29.8 Å². The lowest BCUT2D eigenvalue weighted by molar-refractivity contribution is 0.414. The predicted molar refractivity (Wildman–Crippen MR) is 75.8 cm³/mol. The van der Waals surface area contributed by atoms with Crippen LogP contribution in [0.25, 0.3) is 0 Å². The zero-order valence-electron chi connectivity index (χ0n) is 10.1. The summed E-state index contributed by atoms with van der Waals surface area (Å²) in [7, 11) is 1.66. The highest BCUT2D eigenvalue weighted by Gasteiger charge is 2.00. The summed E-state index contributed by atoms with van der Waals surface area (Å²) in [5.41, 5.74) is 2.09. The summed E-state index contributed by atoms with van der Waals surface area (Å²) >= 11 is 5.29. The molecule has 0 saturated heterocycles. The fourth-order valence-electron chi connectivity index (χ4n) is 1.52. The molecule has 1 aromatic carbocycles. The Labute approximate surface area is 112 Å². The molecule has 18 heavy (non-hydrogen) atoms. The Bertz CT molecular complexity index is 511. The second-order valence-electron chi connectivity index (χ2n) is 3.77. The second kappa shape index (κ2) is 6.12. The van der Waals surface area contributed by atoms with Gasteiger partial charge in [0.1, 0.15) is 10.7 Å². The van der Waals surface area contributed by atoms with E-state index < -0.39 is 0 Å². The number of aromatic nitrogens is 1. The molecule has 0 atom stereocenters. The summed E-state index contributed by atoms with van der Waals surface area (Å²) < 4.78 is 5.11. The lowest BCUT2D eigenvalue weighted by Gasteiger charge is -2.08. The van der Waals surface area contributed by atoms with Gasteiger partial charge in [0.05, 0.1) is 7.11 Å². The predicted octanol–water partition coefficient (Wildman–Crippen LogP) is 2.56. The quantitative estimate of drug-likeness (QED) is 0.855. The van der Waals surface area contributed by atoms with Crippen molar-refractivity contribution >= 4 is 17.2 Å². The molecule has 0 aliphatic rings. The molecule has 0 spiro atoms. The van der Waals surface area contributed by atoms with E-state index in [0.29, 0.717) is 11.5 Å². The number of ether oxygens (including phenoxy) is 1. The molecular weight excluding hydrogens is 244 g/mol. The van der Waals surface area contributed by atoms with Crippen LogP contribution in [0.4, 0.5) is 0 Å². The fourth-order valence-corrected chi connectivity index (χ4v) is 1.72. The number of hydrogen-bond acceptors (Lipinski definition) is 3. The summed E-state index contributed by atoms with van der Waals surface area (Å²) in [5, 5.41) is 3.20. The fraction of sp³-hybridized carbons (Fsp3) is 0.143. The SMILES string of the molecule is COc1ccc(CNC(=S)c2cccnc2)cc1. The Morgan fingerprint density at radius 3 is 2.67 bits per heavy atom. The van der Waals surface area contributed by atoms with E-state index in [4.69, 9.17) is 17.0 Å². The zero-order valence-corrected chi connectivity index (χ0v) is 10.9. The lowest BCUT2D eigenvalue weighted by atomic mass is 10.2. The molecule has 0 aliphatic carbocycles. The van der Waals surface area contributed by atoms with Gasteiger partial charge in [-0.3, -0.25) is 4.98 Å². The van der Waals surface area contributed by atoms with Gasteiger partial charge in [-0.15, -0.1) is 0 Å². The number of nitrogens with one attached hydrogen (secondary N) is 1. The number of benzene rings is 1. The monoisotopic (exact) mass is 258 g/mol. The van der Waals surface area contributed by atoms with E-state index in [9.17, 15) is 0 Å². The molecular formula is C14H14N2OS. The van der Waals surface area contributed by atoms with Gasteiger partial charge in [-0.2, -0.15) is 0 Å². The van der Waals surface area contributed by atoms with Gasteiger partial charge in [0.2, 0.25) is 0 Å². The molecule has 0 bridgehead atoms. The van der Waals surface area contributed by atoms with Crippen LogP contribution in [0.1, 0.15) is 11.1 Å². The highest BCUT2D eigenvalue weighted by atomic mass is 32.1. The van der Waals surface area contributed by atoms with Crippen LogP contribution in [0.5, 0.6) is 5.75 Å². The summed E-state index contributed by atoms with van der Waals surface area (Å²) in [4.78, 5) is 4.75. The first-order valence-electron chi connectivity index (χ1n) is 5.61. The molecule has 3 nitrogen and oxygen atoms in total. The number of nitrogens with zero attached hydrogens (tertiary/aromatic N) is 1. The molecule has 2 rings (SSSR count). The molecule has 92 valence electrons. The van der Waals surface area contributed by atoms with Gasteiger partial charge >= 0.3 is 0 Å². The third-order valence-corrected chi connectivity index (χ3v) is 2.92. The highest BCUT2D eigenvalue weighted by molar-refractivity contribution is 7.80. The minimum absolute atomic E-state index is 0.692. The van der Waals surface area contributed by atoms with Crippen LogP contribution in [0.2, 0.25) is 0 Å². The standard InChI is InChI=1S/C14H14N2OS/c1-17-13-6-4-11(5-7-13)9-16-14(18)12-3-2-8-15-10-12/h2-8,10H,9H2,1H3,(H,16,18). The van der Waals surface area contributed by atoms with E-state index in [1.165, 1.54) is 0 Å². The molecule has 0 unspecified atom stereocenters. The first-order chi connectivity index (χ1) is 8.79. The van der Waals surface area contributed by atoms with Crippen LogP contribution >= 0.6 is 12.2 Å². The van der Waals surface area contributed by atoms with Gasteiger partial charge in [-0.25, -0.2) is 0 Å². The number of methoxy groups -OCH3 is 1. The van der Waals surface area contributed by atoms with Crippen molar-refractivity contribution in [3.8, 4) is 5.75 Å². The van der Waals surface area contributed by atoms with Crippen LogP contribution in [0.15, 0.2) is 48.8 Å². The van der Waals surface area contributed by atoms with Gasteiger partial charge < -0.3 is 10.1 Å². The lowest BCUT2D eigenvalue weighted by Crippen LogP contribution is -2.21. The normalized spacial score (nSPS) is 9.83. The van der Waals surface area contributed by atoms with E-state index in [1.54, 1.807) is 19.5 Å². The Morgan fingerprint density at radius 1 is 1.28 bits per heavy atom. The van der Waals surface area contributed by atoms with Crippen LogP contribution in [-0.4, -0.2) is 17.1 Å². The van der Waals surface area contributed by atoms with Gasteiger partial charge in [0, 0.05) is 24.5 Å².